The molecule has 3 N–H and O–H groups in total. The van der Waals surface area contributed by atoms with Crippen LogP contribution in [0.5, 0.6) is 0 Å². The largest absolute Gasteiger partial charge is 0.393 e. The Balaban J connectivity index is 1.76. The van der Waals surface area contributed by atoms with Gasteiger partial charge in [-0.3, -0.25) is 9.89 Å². The highest BCUT2D eigenvalue weighted by atomic mass is 16.3. The summed E-state index contributed by atoms with van der Waals surface area (Å²) in [6.45, 7) is 2.50. The van der Waals surface area contributed by atoms with Crippen LogP contribution < -0.4 is 0 Å². The van der Waals surface area contributed by atoms with E-state index >= 15 is 0 Å². The lowest BCUT2D eigenvalue weighted by Crippen LogP contribution is -2.37. The molecule has 7 nitrogen and oxygen atoms in total. The van der Waals surface area contributed by atoms with E-state index in [1.165, 1.54) is 0 Å². The fourth-order valence-corrected chi connectivity index (χ4v) is 3.30. The molecule has 7 heteroatoms. The van der Waals surface area contributed by atoms with Crippen molar-refractivity contribution in [2.45, 2.75) is 37.8 Å². The van der Waals surface area contributed by atoms with E-state index < -0.39 is 5.60 Å². The van der Waals surface area contributed by atoms with Crippen molar-refractivity contribution >= 4 is 5.91 Å². The summed E-state index contributed by atoms with van der Waals surface area (Å²) in [5.41, 5.74) is 1.51. The minimum absolute atomic E-state index is 0.0741. The number of aromatic nitrogens is 2. The molecule has 0 spiro atoms. The van der Waals surface area contributed by atoms with Gasteiger partial charge in [-0.1, -0.05) is 0 Å². The fourth-order valence-electron chi connectivity index (χ4n) is 3.30. The molecule has 0 aliphatic carbocycles. The van der Waals surface area contributed by atoms with Crippen molar-refractivity contribution in [1.29, 1.82) is 0 Å². The minimum Gasteiger partial charge on any atom is -0.393 e. The molecule has 3 rings (SSSR count). The summed E-state index contributed by atoms with van der Waals surface area (Å²) in [6.07, 6.45) is 2.50. The van der Waals surface area contributed by atoms with Gasteiger partial charge in [0.25, 0.3) is 5.91 Å². The summed E-state index contributed by atoms with van der Waals surface area (Å²) in [5, 5.41) is 26.7. The number of nitrogens with zero attached hydrogens (tertiary/aromatic N) is 3. The molecule has 1 fully saturated rings. The molecule has 0 unspecified atom stereocenters. The van der Waals surface area contributed by atoms with Gasteiger partial charge in [-0.2, -0.15) is 5.10 Å². The third kappa shape index (κ3) is 2.88. The summed E-state index contributed by atoms with van der Waals surface area (Å²) in [4.78, 5) is 16.7. The first-order chi connectivity index (χ1) is 10.5. The third-order valence-corrected chi connectivity index (χ3v) is 4.83. The average Bonchev–Trinajstić information content (AvgIpc) is 2.82. The Morgan fingerprint density at radius 2 is 2.18 bits per heavy atom. The number of hydrogen-bond acceptors (Lipinski definition) is 5. The maximum Gasteiger partial charge on any atom is 0.274 e. The Labute approximate surface area is 129 Å². The average molecular weight is 308 g/mol. The predicted octanol–water partition coefficient (Wildman–Crippen LogP) is -0.253. The molecule has 22 heavy (non-hydrogen) atoms. The zero-order valence-corrected chi connectivity index (χ0v) is 13.0. The van der Waals surface area contributed by atoms with E-state index in [4.69, 9.17) is 0 Å². The Morgan fingerprint density at radius 1 is 1.36 bits per heavy atom. The van der Waals surface area contributed by atoms with Crippen molar-refractivity contribution in [3.63, 3.8) is 0 Å². The van der Waals surface area contributed by atoms with Gasteiger partial charge in [-0.25, -0.2) is 0 Å². The Morgan fingerprint density at radius 3 is 2.95 bits per heavy atom. The number of rotatable bonds is 2. The van der Waals surface area contributed by atoms with Gasteiger partial charge in [0.1, 0.15) is 0 Å². The van der Waals surface area contributed by atoms with Crippen LogP contribution >= 0.6 is 0 Å². The molecule has 0 aromatic carbocycles. The number of aliphatic hydroxyl groups excluding tert-OH is 1. The summed E-state index contributed by atoms with van der Waals surface area (Å²) in [6, 6.07) is 0. The van der Waals surface area contributed by atoms with Crippen LogP contribution in [0.2, 0.25) is 0 Å². The molecule has 122 valence electrons. The van der Waals surface area contributed by atoms with Gasteiger partial charge < -0.3 is 20.0 Å². The van der Waals surface area contributed by atoms with Crippen molar-refractivity contribution in [2.75, 3.05) is 33.3 Å². The Bertz CT molecular complexity index is 559. The zero-order valence-electron chi connectivity index (χ0n) is 13.0. The highest BCUT2D eigenvalue weighted by Crippen LogP contribution is 2.25. The third-order valence-electron chi connectivity index (χ3n) is 4.83. The lowest BCUT2D eigenvalue weighted by molar-refractivity contribution is -0.0250. The SMILES string of the molecule is CN1CCc2[nH]nc(C(=O)N3CCC[C@@](O)(CO)CC3)c2C1. The molecular weight excluding hydrogens is 284 g/mol. The number of hydrogen-bond donors (Lipinski definition) is 3. The van der Waals surface area contributed by atoms with Crippen LogP contribution in [0.3, 0.4) is 0 Å². The van der Waals surface area contributed by atoms with E-state index in [9.17, 15) is 15.0 Å². The van der Waals surface area contributed by atoms with Crippen LogP contribution in [0.15, 0.2) is 0 Å². The van der Waals surface area contributed by atoms with Crippen LogP contribution in [0.4, 0.5) is 0 Å². The molecule has 1 amide bonds. The van der Waals surface area contributed by atoms with Crippen molar-refractivity contribution in [3.8, 4) is 0 Å². The van der Waals surface area contributed by atoms with Crippen LogP contribution in [0.1, 0.15) is 41.0 Å². The summed E-state index contributed by atoms with van der Waals surface area (Å²) in [5.74, 6) is -0.0741. The summed E-state index contributed by atoms with van der Waals surface area (Å²) in [7, 11) is 2.04. The van der Waals surface area contributed by atoms with Crippen molar-refractivity contribution < 1.29 is 15.0 Å². The summed E-state index contributed by atoms with van der Waals surface area (Å²) < 4.78 is 0. The minimum atomic E-state index is -1.06. The molecule has 0 bridgehead atoms. The van der Waals surface area contributed by atoms with Crippen LogP contribution in [-0.2, 0) is 13.0 Å². The molecule has 1 atom stereocenters. The van der Waals surface area contributed by atoms with E-state index in [0.717, 1.165) is 30.8 Å². The second kappa shape index (κ2) is 5.98. The first-order valence-corrected chi connectivity index (χ1v) is 7.89. The summed E-state index contributed by atoms with van der Waals surface area (Å²) >= 11 is 0. The zero-order chi connectivity index (χ0) is 15.7. The molecule has 3 heterocycles. The standard InChI is InChI=1S/C15H24N4O3/c1-18-7-3-12-11(9-18)13(17-16-12)14(21)19-6-2-4-15(22,10-20)5-8-19/h20,22H,2-10H2,1H3,(H,16,17)/t15-/m0/s1. The highest BCUT2D eigenvalue weighted by molar-refractivity contribution is 5.94. The maximum atomic E-state index is 12.8. The quantitative estimate of drug-likeness (QED) is 0.700. The first kappa shape index (κ1) is 15.5. The monoisotopic (exact) mass is 308 g/mol. The van der Waals surface area contributed by atoms with Crippen LogP contribution in [0, 0.1) is 0 Å². The first-order valence-electron chi connectivity index (χ1n) is 7.89. The molecular formula is C15H24N4O3. The van der Waals surface area contributed by atoms with Gasteiger partial charge in [0.2, 0.25) is 0 Å². The number of fused-ring (bicyclic) bond motifs is 1. The normalized spacial score (nSPS) is 26.6. The van der Waals surface area contributed by atoms with Crippen LogP contribution in [0.25, 0.3) is 0 Å². The van der Waals surface area contributed by atoms with Gasteiger partial charge in [-0.15, -0.1) is 0 Å². The molecule has 0 saturated carbocycles. The smallest absolute Gasteiger partial charge is 0.274 e. The van der Waals surface area contributed by atoms with E-state index in [0.29, 0.717) is 38.0 Å². The molecule has 2 aliphatic rings. The maximum absolute atomic E-state index is 12.8. The van der Waals surface area contributed by atoms with E-state index in [1.807, 2.05) is 7.05 Å². The van der Waals surface area contributed by atoms with Crippen molar-refractivity contribution in [3.05, 3.63) is 17.0 Å². The molecule has 2 aliphatic heterocycles. The van der Waals surface area contributed by atoms with E-state index in [1.54, 1.807) is 4.90 Å². The van der Waals surface area contributed by atoms with Crippen molar-refractivity contribution in [1.82, 2.24) is 20.0 Å². The Kier molecular flexibility index (Phi) is 4.20. The number of carbonyl (C=O) groups is 1. The predicted molar refractivity (Wildman–Crippen MR) is 80.4 cm³/mol. The number of likely N-dealkylation sites (N-methyl/N-ethyl adjacent to an activating group) is 1. The Hall–Kier alpha value is -1.44. The number of aliphatic hydroxyl groups is 2. The lowest BCUT2D eigenvalue weighted by atomic mass is 9.96. The second-order valence-electron chi connectivity index (χ2n) is 6.55. The molecule has 1 aromatic heterocycles. The van der Waals surface area contributed by atoms with E-state index in [-0.39, 0.29) is 12.5 Å². The fraction of sp³-hybridized carbons (Fsp3) is 0.733. The highest BCUT2D eigenvalue weighted by Gasteiger charge is 2.33. The van der Waals surface area contributed by atoms with Crippen molar-refractivity contribution in [2.24, 2.45) is 0 Å². The molecule has 1 saturated heterocycles. The van der Waals surface area contributed by atoms with Crippen LogP contribution in [-0.4, -0.2) is 75.0 Å². The lowest BCUT2D eigenvalue weighted by Gasteiger charge is -2.25. The van der Waals surface area contributed by atoms with Gasteiger partial charge in [-0.05, 0) is 26.3 Å². The van der Waals surface area contributed by atoms with E-state index in [2.05, 4.69) is 15.1 Å². The molecule has 1 aromatic rings. The number of H-pyrrole nitrogens is 1. The van der Waals surface area contributed by atoms with Gasteiger partial charge >= 0.3 is 0 Å². The number of likely N-dealkylation sites (tertiary alicyclic amines) is 1. The molecule has 0 radical (unpaired) electrons. The van der Waals surface area contributed by atoms with Gasteiger partial charge in [0, 0.05) is 43.9 Å². The van der Waals surface area contributed by atoms with Gasteiger partial charge in [0.15, 0.2) is 5.69 Å². The number of nitrogens with one attached hydrogen (secondary N) is 1. The number of aromatic amines is 1. The number of amides is 1. The number of carbonyl (C=O) groups excluding carboxylic acids is 1. The van der Waals surface area contributed by atoms with Gasteiger partial charge in [0.05, 0.1) is 12.2 Å². The topological polar surface area (TPSA) is 92.7 Å². The second-order valence-corrected chi connectivity index (χ2v) is 6.55.